The number of alkyl halides is 3. The van der Waals surface area contributed by atoms with Gasteiger partial charge in [0, 0.05) is 10.7 Å². The maximum atomic E-state index is 12.9. The fourth-order valence-corrected chi connectivity index (χ4v) is 3.00. The van der Waals surface area contributed by atoms with E-state index in [-0.39, 0.29) is 16.3 Å². The van der Waals surface area contributed by atoms with Crippen LogP contribution in [0.5, 0.6) is 0 Å². The maximum absolute atomic E-state index is 12.9. The predicted molar refractivity (Wildman–Crippen MR) is 109 cm³/mol. The van der Waals surface area contributed by atoms with Crippen LogP contribution in [0.4, 0.5) is 18.9 Å². The molecule has 0 aliphatic carbocycles. The smallest absolute Gasteiger partial charge is 0.417 e. The van der Waals surface area contributed by atoms with Crippen LogP contribution in [0.3, 0.4) is 0 Å². The molecule has 2 amide bonds. The molecule has 2 rings (SSSR count). The van der Waals surface area contributed by atoms with Gasteiger partial charge in [-0.05, 0) is 43.3 Å². The van der Waals surface area contributed by atoms with E-state index in [1.807, 2.05) is 0 Å². The molecule has 0 saturated carbocycles. The molecule has 2 N–H and O–H groups in total. The number of amides is 2. The molecule has 31 heavy (non-hydrogen) atoms. The molecule has 0 aliphatic rings. The second-order valence-electron chi connectivity index (χ2n) is 6.12. The quantitative estimate of drug-likeness (QED) is 0.552. The highest BCUT2D eigenvalue weighted by Crippen LogP contribution is 2.36. The van der Waals surface area contributed by atoms with E-state index < -0.39 is 47.2 Å². The van der Waals surface area contributed by atoms with Crippen molar-refractivity contribution in [3.63, 3.8) is 0 Å². The van der Waals surface area contributed by atoms with Gasteiger partial charge in [-0.3, -0.25) is 14.4 Å². The molecule has 0 heterocycles. The molecule has 0 unspecified atom stereocenters. The van der Waals surface area contributed by atoms with E-state index in [1.165, 1.54) is 31.2 Å². The summed E-state index contributed by atoms with van der Waals surface area (Å²) < 4.78 is 43.6. The summed E-state index contributed by atoms with van der Waals surface area (Å²) >= 11 is 17.2. The zero-order chi connectivity index (χ0) is 23.3. The Bertz CT molecular complexity index is 1020. The molecule has 0 spiro atoms. The third-order valence-corrected chi connectivity index (χ3v) is 4.66. The molecule has 6 nitrogen and oxygen atoms in total. The first-order valence-electron chi connectivity index (χ1n) is 8.49. The van der Waals surface area contributed by atoms with Gasteiger partial charge in [-0.1, -0.05) is 34.8 Å². The molecule has 1 atom stereocenters. The maximum Gasteiger partial charge on any atom is 0.417 e. The van der Waals surface area contributed by atoms with E-state index >= 15 is 0 Å². The third kappa shape index (κ3) is 7.02. The van der Waals surface area contributed by atoms with Crippen LogP contribution in [0, 0.1) is 0 Å². The lowest BCUT2D eigenvalue weighted by atomic mass is 10.2. The first-order valence-corrected chi connectivity index (χ1v) is 9.62. The number of nitrogens with one attached hydrogen (secondary N) is 2. The predicted octanol–water partition coefficient (Wildman–Crippen LogP) is 4.97. The Hall–Kier alpha value is -2.49. The molecule has 0 aliphatic heterocycles. The highest BCUT2D eigenvalue weighted by atomic mass is 35.5. The van der Waals surface area contributed by atoms with Crippen molar-refractivity contribution in [1.29, 1.82) is 0 Å². The Morgan fingerprint density at radius 1 is 1.03 bits per heavy atom. The summed E-state index contributed by atoms with van der Waals surface area (Å²) in [6.45, 7) is 0.639. The molecular weight excluding hydrogens is 484 g/mol. The third-order valence-electron chi connectivity index (χ3n) is 3.79. The number of hydrogen-bond donors (Lipinski definition) is 2. The van der Waals surface area contributed by atoms with Gasteiger partial charge in [0.2, 0.25) is 0 Å². The number of halogens is 6. The fourth-order valence-electron chi connectivity index (χ4n) is 2.28. The van der Waals surface area contributed by atoms with E-state index in [4.69, 9.17) is 39.5 Å². The Labute approximate surface area is 189 Å². The van der Waals surface area contributed by atoms with Crippen molar-refractivity contribution in [2.24, 2.45) is 0 Å². The number of benzene rings is 2. The summed E-state index contributed by atoms with van der Waals surface area (Å²) in [5, 5.41) is 4.34. The molecule has 2 aromatic rings. The van der Waals surface area contributed by atoms with Gasteiger partial charge in [0.05, 0.1) is 21.2 Å². The van der Waals surface area contributed by atoms with E-state index in [9.17, 15) is 27.6 Å². The van der Waals surface area contributed by atoms with Crippen LogP contribution in [-0.4, -0.2) is 30.4 Å². The van der Waals surface area contributed by atoms with Crippen LogP contribution in [0.1, 0.15) is 22.8 Å². The van der Waals surface area contributed by atoms with Crippen LogP contribution >= 0.6 is 34.8 Å². The summed E-state index contributed by atoms with van der Waals surface area (Å²) in [5.41, 5.74) is -1.23. The SMILES string of the molecule is C[C@H](OC(=O)CNC(=O)c1ccc(Cl)cc1Cl)C(=O)Nc1ccc(Cl)c(C(F)(F)F)c1. The normalized spacial score (nSPS) is 12.1. The van der Waals surface area contributed by atoms with Crippen molar-refractivity contribution in [2.75, 3.05) is 11.9 Å². The Kier molecular flexibility index (Phi) is 8.16. The van der Waals surface area contributed by atoms with Gasteiger partial charge in [-0.15, -0.1) is 0 Å². The number of esters is 1. The lowest BCUT2D eigenvalue weighted by molar-refractivity contribution is -0.152. The molecule has 0 bridgehead atoms. The van der Waals surface area contributed by atoms with Crippen LogP contribution in [-0.2, 0) is 20.5 Å². The van der Waals surface area contributed by atoms with E-state index in [0.29, 0.717) is 11.1 Å². The molecule has 0 fully saturated rings. The minimum absolute atomic E-state index is 0.0762. The first kappa shape index (κ1) is 24.8. The van der Waals surface area contributed by atoms with Gasteiger partial charge in [-0.2, -0.15) is 13.2 Å². The topological polar surface area (TPSA) is 84.5 Å². The van der Waals surface area contributed by atoms with Gasteiger partial charge in [0.1, 0.15) is 6.54 Å². The Morgan fingerprint density at radius 3 is 2.32 bits per heavy atom. The molecule has 0 saturated heterocycles. The molecule has 2 aromatic carbocycles. The standard InChI is InChI=1S/C19H14Cl3F3N2O4/c1-9(17(29)27-11-3-5-14(21)13(7-11)19(23,24)25)31-16(28)8-26-18(30)12-4-2-10(20)6-15(12)22/h2-7,9H,8H2,1H3,(H,26,30)(H,27,29)/t9-/m0/s1. The lowest BCUT2D eigenvalue weighted by Crippen LogP contribution is -2.36. The molecular formula is C19H14Cl3F3N2O4. The molecule has 0 radical (unpaired) electrons. The minimum Gasteiger partial charge on any atom is -0.451 e. The lowest BCUT2D eigenvalue weighted by Gasteiger charge is -2.15. The number of anilines is 1. The van der Waals surface area contributed by atoms with E-state index in [2.05, 4.69) is 10.6 Å². The summed E-state index contributed by atoms with van der Waals surface area (Å²) in [5.74, 6) is -2.50. The van der Waals surface area contributed by atoms with E-state index in [1.54, 1.807) is 0 Å². The highest BCUT2D eigenvalue weighted by molar-refractivity contribution is 6.36. The van der Waals surface area contributed by atoms with Crippen molar-refractivity contribution in [1.82, 2.24) is 5.32 Å². The average molecular weight is 498 g/mol. The number of rotatable bonds is 6. The number of carbonyl (C=O) groups is 3. The van der Waals surface area contributed by atoms with Gasteiger partial charge < -0.3 is 15.4 Å². The zero-order valence-electron chi connectivity index (χ0n) is 15.6. The summed E-state index contributed by atoms with van der Waals surface area (Å²) in [7, 11) is 0. The Balaban J connectivity index is 1.91. The largest absolute Gasteiger partial charge is 0.451 e. The second-order valence-corrected chi connectivity index (χ2v) is 7.37. The zero-order valence-corrected chi connectivity index (χ0v) is 17.9. The van der Waals surface area contributed by atoms with Crippen molar-refractivity contribution >= 4 is 58.3 Å². The number of carbonyl (C=O) groups excluding carboxylic acids is 3. The van der Waals surface area contributed by atoms with Crippen LogP contribution in [0.2, 0.25) is 15.1 Å². The molecule has 166 valence electrons. The molecule has 12 heteroatoms. The first-order chi connectivity index (χ1) is 14.4. The highest BCUT2D eigenvalue weighted by Gasteiger charge is 2.33. The summed E-state index contributed by atoms with van der Waals surface area (Å²) in [6.07, 6.45) is -6.06. The average Bonchev–Trinajstić information content (AvgIpc) is 2.66. The van der Waals surface area contributed by atoms with Crippen LogP contribution in [0.25, 0.3) is 0 Å². The molecule has 0 aromatic heterocycles. The van der Waals surface area contributed by atoms with Crippen molar-refractivity contribution in [3.8, 4) is 0 Å². The van der Waals surface area contributed by atoms with Gasteiger partial charge in [0.15, 0.2) is 6.10 Å². The van der Waals surface area contributed by atoms with E-state index in [0.717, 1.165) is 6.07 Å². The fraction of sp³-hybridized carbons (Fsp3) is 0.211. The van der Waals surface area contributed by atoms with Gasteiger partial charge >= 0.3 is 12.1 Å². The van der Waals surface area contributed by atoms with Crippen molar-refractivity contribution in [3.05, 3.63) is 62.6 Å². The monoisotopic (exact) mass is 496 g/mol. The van der Waals surface area contributed by atoms with Crippen molar-refractivity contribution in [2.45, 2.75) is 19.2 Å². The van der Waals surface area contributed by atoms with Gasteiger partial charge in [-0.25, -0.2) is 0 Å². The number of ether oxygens (including phenoxy) is 1. The summed E-state index contributed by atoms with van der Waals surface area (Å²) in [6, 6.07) is 6.96. The summed E-state index contributed by atoms with van der Waals surface area (Å²) in [4.78, 5) is 36.0. The minimum atomic E-state index is -4.71. The van der Waals surface area contributed by atoms with Crippen molar-refractivity contribution < 1.29 is 32.3 Å². The van der Waals surface area contributed by atoms with Crippen LogP contribution in [0.15, 0.2) is 36.4 Å². The Morgan fingerprint density at radius 2 is 1.71 bits per heavy atom. The van der Waals surface area contributed by atoms with Gasteiger partial charge in [0.25, 0.3) is 11.8 Å². The second kappa shape index (κ2) is 10.2. The number of hydrogen-bond acceptors (Lipinski definition) is 4. The van der Waals surface area contributed by atoms with Crippen LogP contribution < -0.4 is 10.6 Å².